The maximum Gasteiger partial charge on any atom is 0.0673 e. The molecule has 0 unspecified atom stereocenters. The first-order chi connectivity index (χ1) is 6.75. The van der Waals surface area contributed by atoms with Gasteiger partial charge in [0.05, 0.1) is 12.2 Å². The van der Waals surface area contributed by atoms with E-state index in [-0.39, 0.29) is 19.8 Å². The Labute approximate surface area is 102 Å². The molecule has 0 aromatic heterocycles. The van der Waals surface area contributed by atoms with Gasteiger partial charge >= 0.3 is 0 Å². The predicted octanol–water partition coefficient (Wildman–Crippen LogP) is -4.52. The smallest absolute Gasteiger partial charge is 0.0673 e. The molecule has 0 aromatic carbocycles. The quantitative estimate of drug-likeness (QED) is 0.375. The second-order valence-corrected chi connectivity index (χ2v) is 3.46. The molecule has 0 aliphatic heterocycles. The van der Waals surface area contributed by atoms with Crippen LogP contribution in [0.3, 0.4) is 0 Å². The summed E-state index contributed by atoms with van der Waals surface area (Å²) >= 11 is 0. The van der Waals surface area contributed by atoms with Crippen molar-refractivity contribution in [3.05, 3.63) is 0 Å². The van der Waals surface area contributed by atoms with Crippen LogP contribution in [-0.2, 0) is 4.79 Å². The van der Waals surface area contributed by atoms with Gasteiger partial charge in [0, 0.05) is 0 Å². The second kappa shape index (κ2) is 6.20. The van der Waals surface area contributed by atoms with Crippen LogP contribution in [-0.4, -0.2) is 84.1 Å². The molecule has 0 aliphatic carbocycles. The molecule has 0 N–H and O–H groups in total. The molecule has 1 nitrogen and oxygen atoms in total. The van der Waals surface area contributed by atoms with Crippen LogP contribution in [0, 0.1) is 0 Å². The van der Waals surface area contributed by atoms with E-state index in [1.807, 2.05) is 0 Å². The third kappa shape index (κ3) is 4.40. The highest BCUT2D eigenvalue weighted by Gasteiger charge is 2.30. The van der Waals surface area contributed by atoms with Gasteiger partial charge in [-0.3, -0.25) is 0 Å². The Bertz CT molecular complexity index is 208. The molecule has 61 valence electrons. The zero-order valence-electron chi connectivity index (χ0n) is 8.39. The Morgan fingerprint density at radius 3 is 2.13 bits per heavy atom. The van der Waals surface area contributed by atoms with Crippen LogP contribution < -0.4 is 0 Å². The molecule has 11 radical (unpaired) electrons. The number of carbonyl (C=O) groups is 1. The van der Waals surface area contributed by atoms with Gasteiger partial charge in [-0.05, 0) is 29.0 Å². The molecule has 0 aromatic rings. The Hall–Kier alpha value is 0.384. The monoisotopic (exact) mass is 181 g/mol. The molecular weight excluding hydrogens is 171 g/mol. The average molecular weight is 179 g/mol. The Morgan fingerprint density at radius 1 is 1.47 bits per heavy atom. The Kier molecular flexibility index (Phi) is 6.36. The third-order valence-corrected chi connectivity index (χ3v) is 2.23. The fraction of sp³-hybridized carbons (Fsp3) is 0.667. The molecule has 0 saturated carbocycles. The van der Waals surface area contributed by atoms with Crippen LogP contribution in [0.1, 0.15) is 13.3 Å². The minimum atomic E-state index is -2.14. The van der Waals surface area contributed by atoms with Crippen molar-refractivity contribution < 1.29 is 4.79 Å². The van der Waals surface area contributed by atoms with Crippen LogP contribution in [0.2, 0.25) is 0 Å². The van der Waals surface area contributed by atoms with Crippen molar-refractivity contribution >= 4 is 84.1 Å². The summed E-state index contributed by atoms with van der Waals surface area (Å²) in [5.41, 5.74) is -2.10. The van der Waals surface area contributed by atoms with Crippen LogP contribution in [0.5, 0.6) is 0 Å². The number of hydrogen-bond donors (Lipinski definition) is 0. The minimum absolute atomic E-state index is 0.0387. The Balaban J connectivity index is 4.96. The summed E-state index contributed by atoms with van der Waals surface area (Å²) in [4.78, 5) is 11.7. The lowest BCUT2D eigenvalue weighted by Crippen LogP contribution is -2.72. The average Bonchev–Trinajstić information content (AvgIpc) is 2.09. The highest BCUT2D eigenvalue weighted by Crippen LogP contribution is 2.02. The molecular formula is C3H8B11O-2. The summed E-state index contributed by atoms with van der Waals surface area (Å²) < 4.78 is 0. The molecule has 15 heavy (non-hydrogen) atoms. The fourth-order valence-electron chi connectivity index (χ4n) is 1.36. The van der Waals surface area contributed by atoms with Crippen LogP contribution in [0.25, 0.3) is 0 Å². The lowest BCUT2D eigenvalue weighted by atomic mass is 8.51. The molecule has 0 atom stereocenters. The largest absolute Gasteiger partial charge is 0.313 e. The molecule has 0 rings (SSSR count). The van der Waals surface area contributed by atoms with Crippen LogP contribution in [0.4, 0.5) is 0 Å². The third-order valence-electron chi connectivity index (χ3n) is 2.23. The first kappa shape index (κ1) is 15.4. The van der Waals surface area contributed by atoms with Gasteiger partial charge in [0.15, 0.2) is 0 Å². The van der Waals surface area contributed by atoms with Gasteiger partial charge in [0.2, 0.25) is 0 Å². The van der Waals surface area contributed by atoms with Crippen molar-refractivity contribution in [2.45, 2.75) is 13.3 Å². The molecule has 0 bridgehead atoms. The van der Waals surface area contributed by atoms with Crippen molar-refractivity contribution in [2.24, 2.45) is 0 Å². The van der Waals surface area contributed by atoms with E-state index in [9.17, 15) is 4.79 Å². The van der Waals surface area contributed by atoms with Crippen LogP contribution in [0.15, 0.2) is 0 Å². The van der Waals surface area contributed by atoms with Crippen LogP contribution >= 0.6 is 0 Å². The normalized spacial score (nSPS) is 10.5. The van der Waals surface area contributed by atoms with Gasteiger partial charge in [-0.1, -0.05) is 14.7 Å². The molecule has 0 saturated heterocycles. The van der Waals surface area contributed by atoms with E-state index in [0.29, 0.717) is 6.42 Å². The zero-order valence-corrected chi connectivity index (χ0v) is 8.39. The topological polar surface area (TPSA) is 17.1 Å². The van der Waals surface area contributed by atoms with Crippen molar-refractivity contribution in [3.63, 3.8) is 0 Å². The summed E-state index contributed by atoms with van der Waals surface area (Å²) in [7, 11) is 29.4. The van der Waals surface area contributed by atoms with E-state index >= 15 is 0 Å². The molecule has 12 heteroatoms. The second-order valence-electron chi connectivity index (χ2n) is 3.46. The number of rotatable bonds is 6. The maximum atomic E-state index is 11.7. The number of carbonyl (C=O) groups excluding carboxylic acids is 1. The summed E-state index contributed by atoms with van der Waals surface area (Å²) in [6.07, 6.45) is -0.231. The van der Waals surface area contributed by atoms with Gasteiger partial charge in [0.1, 0.15) is 0 Å². The van der Waals surface area contributed by atoms with Crippen molar-refractivity contribution in [1.29, 1.82) is 0 Å². The lowest BCUT2D eigenvalue weighted by molar-refractivity contribution is -0.111. The minimum Gasteiger partial charge on any atom is -0.313 e. The summed E-state index contributed by atoms with van der Waals surface area (Å²) in [6, 6.07) is 0. The van der Waals surface area contributed by atoms with Crippen molar-refractivity contribution in [1.82, 2.24) is 0 Å². The number of hydrogen-bond acceptors (Lipinski definition) is 1. The molecule has 0 spiro atoms. The summed E-state index contributed by atoms with van der Waals surface area (Å²) in [6.45, 7) is 1.38. The standard InChI is InChI=1S/C3H8B11O/c1-2-3(15)11(12(5)6)13(10-4)14(7,8)9/h2H2,1,5H3/q-2. The van der Waals surface area contributed by atoms with Gasteiger partial charge < -0.3 is 4.79 Å². The van der Waals surface area contributed by atoms with E-state index in [1.165, 1.54) is 7.06 Å². The van der Waals surface area contributed by atoms with E-state index in [4.69, 9.17) is 38.7 Å². The predicted molar refractivity (Wildman–Crippen MR) is 82.8 cm³/mol. The van der Waals surface area contributed by atoms with E-state index in [2.05, 4.69) is 0 Å². The maximum absolute atomic E-state index is 11.7. The molecule has 0 aliphatic rings. The van der Waals surface area contributed by atoms with Crippen molar-refractivity contribution in [2.75, 3.05) is 0 Å². The zero-order chi connectivity index (χ0) is 12.2. The highest BCUT2D eigenvalue weighted by molar-refractivity contribution is 8.07. The van der Waals surface area contributed by atoms with Gasteiger partial charge in [-0.2, -0.15) is 5.71 Å². The first-order valence-electron chi connectivity index (χ1n) is 4.55. The van der Waals surface area contributed by atoms with Gasteiger partial charge in [-0.15, -0.1) is 12.8 Å². The van der Waals surface area contributed by atoms with E-state index in [0.717, 1.165) is 0 Å². The summed E-state index contributed by atoms with van der Waals surface area (Å²) in [5.74, 6) is 0. The van der Waals surface area contributed by atoms with E-state index in [1.54, 1.807) is 6.92 Å². The molecule has 0 fully saturated rings. The van der Waals surface area contributed by atoms with E-state index < -0.39 is 18.6 Å². The van der Waals surface area contributed by atoms with Gasteiger partial charge in [-0.25, -0.2) is 23.2 Å². The SMILES string of the molecule is [B][B]B(B(B([B])[BH3-])C(=O)CC)[B-]([B])([B])[B]. The van der Waals surface area contributed by atoms with Crippen molar-refractivity contribution in [3.8, 4) is 0 Å². The molecule has 0 heterocycles. The Morgan fingerprint density at radius 2 is 1.93 bits per heavy atom. The fourth-order valence-corrected chi connectivity index (χ4v) is 1.36. The first-order valence-corrected chi connectivity index (χ1v) is 4.55. The molecule has 0 amide bonds. The lowest BCUT2D eigenvalue weighted by Gasteiger charge is -2.45. The highest BCUT2D eigenvalue weighted by atomic mass is 16.1. The van der Waals surface area contributed by atoms with Gasteiger partial charge in [0.25, 0.3) is 0 Å². The summed E-state index contributed by atoms with van der Waals surface area (Å²) in [5, 5.41) is 0.